The molecule has 0 radical (unpaired) electrons. The van der Waals surface area contributed by atoms with Gasteiger partial charge in [-0.2, -0.15) is 0 Å². The molecule has 4 heteroatoms. The maximum atomic E-state index is 14.0. The van der Waals surface area contributed by atoms with Crippen molar-refractivity contribution in [3.05, 3.63) is 82.6 Å². The summed E-state index contributed by atoms with van der Waals surface area (Å²) in [6.45, 7) is 0.387. The molecule has 0 bridgehead atoms. The first-order valence-corrected chi connectivity index (χ1v) is 7.74. The molecular weight excluding hydrogens is 313 g/mol. The monoisotopic (exact) mass is 325 g/mol. The Morgan fingerprint density at radius 1 is 1.00 bits per heavy atom. The second-order valence-electron chi connectivity index (χ2n) is 5.46. The van der Waals surface area contributed by atoms with Crippen LogP contribution in [0.2, 0.25) is 5.02 Å². The van der Waals surface area contributed by atoms with Gasteiger partial charge in [-0.05, 0) is 34.5 Å². The van der Waals surface area contributed by atoms with Crippen LogP contribution >= 0.6 is 11.6 Å². The number of nitrogens with zero attached hydrogens (tertiary/aromatic N) is 1. The van der Waals surface area contributed by atoms with E-state index in [9.17, 15) is 4.39 Å². The molecule has 0 saturated carbocycles. The van der Waals surface area contributed by atoms with E-state index in [0.29, 0.717) is 11.6 Å². The minimum Gasteiger partial charge on any atom is -0.475 e. The van der Waals surface area contributed by atoms with E-state index in [-0.39, 0.29) is 17.5 Å². The third kappa shape index (κ3) is 2.57. The van der Waals surface area contributed by atoms with Crippen LogP contribution in [0.3, 0.4) is 0 Å². The van der Waals surface area contributed by atoms with Gasteiger partial charge in [0.2, 0.25) is 5.90 Å². The molecule has 1 aliphatic heterocycles. The van der Waals surface area contributed by atoms with Crippen LogP contribution in [-0.2, 0) is 4.74 Å². The molecule has 3 aromatic rings. The van der Waals surface area contributed by atoms with E-state index in [4.69, 9.17) is 16.3 Å². The third-order valence-corrected chi connectivity index (χ3v) is 4.30. The van der Waals surface area contributed by atoms with Crippen molar-refractivity contribution in [2.75, 3.05) is 6.61 Å². The number of ether oxygens (including phenoxy) is 1. The fourth-order valence-electron chi connectivity index (χ4n) is 2.80. The van der Waals surface area contributed by atoms with Crippen LogP contribution in [0.15, 0.2) is 65.7 Å². The van der Waals surface area contributed by atoms with Gasteiger partial charge < -0.3 is 4.74 Å². The molecule has 1 heterocycles. The van der Waals surface area contributed by atoms with Gasteiger partial charge in [-0.15, -0.1) is 0 Å². The summed E-state index contributed by atoms with van der Waals surface area (Å²) in [5.74, 6) is -0.151. The van der Waals surface area contributed by atoms with Crippen molar-refractivity contribution in [3.63, 3.8) is 0 Å². The zero-order chi connectivity index (χ0) is 15.8. The topological polar surface area (TPSA) is 21.6 Å². The Kier molecular flexibility index (Phi) is 3.50. The van der Waals surface area contributed by atoms with Crippen LogP contribution in [0.4, 0.5) is 4.39 Å². The van der Waals surface area contributed by atoms with Crippen molar-refractivity contribution in [2.45, 2.75) is 6.04 Å². The van der Waals surface area contributed by atoms with Gasteiger partial charge in [0.1, 0.15) is 18.5 Å². The molecular formula is C19H13ClFNO. The van der Waals surface area contributed by atoms with E-state index in [1.165, 1.54) is 11.5 Å². The molecule has 0 aliphatic carbocycles. The molecule has 0 saturated heterocycles. The Bertz CT molecular complexity index is 902. The van der Waals surface area contributed by atoms with Gasteiger partial charge in [0.05, 0.1) is 10.6 Å². The average molecular weight is 326 g/mol. The fourth-order valence-corrected chi connectivity index (χ4v) is 3.04. The zero-order valence-corrected chi connectivity index (χ0v) is 12.9. The number of hydrogen-bond donors (Lipinski definition) is 0. The highest BCUT2D eigenvalue weighted by molar-refractivity contribution is 6.33. The number of aliphatic imine (C=N–C) groups is 1. The second-order valence-corrected chi connectivity index (χ2v) is 5.87. The third-order valence-electron chi connectivity index (χ3n) is 3.99. The van der Waals surface area contributed by atoms with Crippen LogP contribution in [0.1, 0.15) is 17.2 Å². The molecule has 1 unspecified atom stereocenters. The fraction of sp³-hybridized carbons (Fsp3) is 0.105. The standard InChI is InChI=1S/C19H13ClFNO/c20-15-6-3-7-16(21)18(15)19-22-17(11-23-19)14-9-8-12-4-1-2-5-13(12)10-14/h1-10,17H,11H2. The smallest absolute Gasteiger partial charge is 0.221 e. The second kappa shape index (κ2) is 5.67. The van der Waals surface area contributed by atoms with Gasteiger partial charge in [0, 0.05) is 0 Å². The largest absolute Gasteiger partial charge is 0.475 e. The molecule has 2 nitrogen and oxygen atoms in total. The lowest BCUT2D eigenvalue weighted by Gasteiger charge is -2.06. The minimum atomic E-state index is -0.421. The molecule has 0 amide bonds. The molecule has 0 fully saturated rings. The summed E-state index contributed by atoms with van der Waals surface area (Å²) >= 11 is 6.08. The predicted octanol–water partition coefficient (Wildman–Crippen LogP) is 5.15. The Hall–Kier alpha value is -2.39. The van der Waals surface area contributed by atoms with E-state index in [1.54, 1.807) is 12.1 Å². The van der Waals surface area contributed by atoms with Gasteiger partial charge in [-0.3, -0.25) is 0 Å². The Balaban J connectivity index is 1.72. The number of fused-ring (bicyclic) bond motifs is 1. The van der Waals surface area contributed by atoms with Crippen molar-refractivity contribution in [2.24, 2.45) is 4.99 Å². The highest BCUT2D eigenvalue weighted by Crippen LogP contribution is 2.30. The Morgan fingerprint density at radius 2 is 1.83 bits per heavy atom. The number of hydrogen-bond acceptors (Lipinski definition) is 2. The summed E-state index contributed by atoms with van der Waals surface area (Å²) in [4.78, 5) is 4.53. The summed E-state index contributed by atoms with van der Waals surface area (Å²) in [7, 11) is 0. The van der Waals surface area contributed by atoms with E-state index in [1.807, 2.05) is 18.2 Å². The molecule has 3 aromatic carbocycles. The van der Waals surface area contributed by atoms with E-state index >= 15 is 0 Å². The van der Waals surface area contributed by atoms with Crippen LogP contribution in [0, 0.1) is 5.82 Å². The summed E-state index contributed by atoms with van der Waals surface area (Å²) in [6.07, 6.45) is 0. The number of benzene rings is 3. The van der Waals surface area contributed by atoms with Crippen molar-refractivity contribution >= 4 is 28.3 Å². The van der Waals surface area contributed by atoms with Gasteiger partial charge in [0.15, 0.2) is 0 Å². The van der Waals surface area contributed by atoms with Crippen LogP contribution in [0.25, 0.3) is 10.8 Å². The van der Waals surface area contributed by atoms with Gasteiger partial charge >= 0.3 is 0 Å². The maximum absolute atomic E-state index is 14.0. The lowest BCUT2D eigenvalue weighted by atomic mass is 10.0. The number of halogens is 2. The summed E-state index contributed by atoms with van der Waals surface area (Å²) < 4.78 is 19.6. The van der Waals surface area contributed by atoms with E-state index in [2.05, 4.69) is 29.3 Å². The summed E-state index contributed by atoms with van der Waals surface area (Å²) in [5.41, 5.74) is 1.28. The summed E-state index contributed by atoms with van der Waals surface area (Å²) in [5, 5.41) is 2.64. The minimum absolute atomic E-state index is 0.148. The van der Waals surface area contributed by atoms with Crippen LogP contribution < -0.4 is 0 Å². The van der Waals surface area contributed by atoms with Crippen LogP contribution in [0.5, 0.6) is 0 Å². The maximum Gasteiger partial charge on any atom is 0.221 e. The Morgan fingerprint density at radius 3 is 2.65 bits per heavy atom. The highest BCUT2D eigenvalue weighted by Gasteiger charge is 2.25. The van der Waals surface area contributed by atoms with E-state index < -0.39 is 5.82 Å². The first-order chi connectivity index (χ1) is 11.2. The Labute approximate surface area is 138 Å². The number of rotatable bonds is 2. The molecule has 1 atom stereocenters. The molecule has 4 rings (SSSR count). The molecule has 0 N–H and O–H groups in total. The van der Waals surface area contributed by atoms with Gasteiger partial charge in [-0.25, -0.2) is 9.38 Å². The molecule has 0 aromatic heterocycles. The zero-order valence-electron chi connectivity index (χ0n) is 12.2. The van der Waals surface area contributed by atoms with Crippen LogP contribution in [-0.4, -0.2) is 12.5 Å². The predicted molar refractivity (Wildman–Crippen MR) is 90.6 cm³/mol. The molecule has 23 heavy (non-hydrogen) atoms. The normalized spacial score (nSPS) is 17.1. The highest BCUT2D eigenvalue weighted by atomic mass is 35.5. The average Bonchev–Trinajstić information content (AvgIpc) is 3.04. The lowest BCUT2D eigenvalue weighted by molar-refractivity contribution is 0.319. The van der Waals surface area contributed by atoms with E-state index in [0.717, 1.165) is 10.9 Å². The first-order valence-electron chi connectivity index (χ1n) is 7.36. The molecule has 0 spiro atoms. The van der Waals surface area contributed by atoms with Gasteiger partial charge in [-0.1, -0.05) is 54.1 Å². The first kappa shape index (κ1) is 14.2. The van der Waals surface area contributed by atoms with Gasteiger partial charge in [0.25, 0.3) is 0 Å². The quantitative estimate of drug-likeness (QED) is 0.638. The lowest BCUT2D eigenvalue weighted by Crippen LogP contribution is -2.05. The van der Waals surface area contributed by atoms with Crippen molar-refractivity contribution < 1.29 is 9.13 Å². The molecule has 1 aliphatic rings. The van der Waals surface area contributed by atoms with Crippen molar-refractivity contribution in [1.29, 1.82) is 0 Å². The SMILES string of the molecule is Fc1cccc(Cl)c1C1=NC(c2ccc3ccccc3c2)CO1. The molecule has 114 valence electrons. The van der Waals surface area contributed by atoms with Crippen molar-refractivity contribution in [3.8, 4) is 0 Å². The van der Waals surface area contributed by atoms with Crippen molar-refractivity contribution in [1.82, 2.24) is 0 Å². The summed E-state index contributed by atoms with van der Waals surface area (Å²) in [6, 6.07) is 18.8.